The molecule has 0 spiro atoms. The lowest BCUT2D eigenvalue weighted by Gasteiger charge is -2.20. The Morgan fingerprint density at radius 1 is 0.921 bits per heavy atom. The van der Waals surface area contributed by atoms with E-state index in [-0.39, 0.29) is 23.1 Å². The molecule has 0 N–H and O–H groups in total. The highest BCUT2D eigenvalue weighted by Gasteiger charge is 2.25. The molecule has 0 bridgehead atoms. The van der Waals surface area contributed by atoms with Crippen molar-refractivity contribution in [3.8, 4) is 0 Å². The van der Waals surface area contributed by atoms with Crippen molar-refractivity contribution >= 4 is 34.3 Å². The second kappa shape index (κ2) is 11.6. The quantitative estimate of drug-likeness (QED) is 0.162. The van der Waals surface area contributed by atoms with Crippen molar-refractivity contribution in [3.63, 3.8) is 0 Å². The maximum Gasteiger partial charge on any atom is 0.337 e. The number of halogens is 1. The number of nitrogens with zero attached hydrogens (tertiary/aromatic N) is 1. The highest BCUT2D eigenvalue weighted by atomic mass is 35.5. The van der Waals surface area contributed by atoms with Gasteiger partial charge < -0.3 is 9.30 Å². The van der Waals surface area contributed by atoms with Crippen molar-refractivity contribution < 1.29 is 14.3 Å². The Balaban J connectivity index is 1.68. The molecule has 0 radical (unpaired) electrons. The fourth-order valence-electron chi connectivity index (χ4n) is 4.97. The summed E-state index contributed by atoms with van der Waals surface area (Å²) in [7, 11) is 1.37. The molecule has 4 aromatic rings. The van der Waals surface area contributed by atoms with Crippen molar-refractivity contribution in [1.29, 1.82) is 0 Å². The summed E-state index contributed by atoms with van der Waals surface area (Å²) >= 11 is 6.32. The van der Waals surface area contributed by atoms with E-state index in [1.807, 2.05) is 36.4 Å². The number of Topliss-reactive ketones (excluding diaryl/α,β-unsaturated/α-hetero) is 1. The summed E-state index contributed by atoms with van der Waals surface area (Å²) in [5, 5.41) is 1.61. The topological polar surface area (TPSA) is 48.3 Å². The Bertz CT molecular complexity index is 1430. The largest absolute Gasteiger partial charge is 0.465 e. The van der Waals surface area contributed by atoms with Crippen LogP contribution in [-0.4, -0.2) is 23.4 Å². The number of carbonyl (C=O) groups excluding carboxylic acids is 2. The fraction of sp³-hybridized carbons (Fsp3) is 0.333. The molecular weight excluding hydrogens is 494 g/mol. The molecule has 1 aromatic heterocycles. The van der Waals surface area contributed by atoms with E-state index in [1.165, 1.54) is 12.7 Å². The van der Waals surface area contributed by atoms with Gasteiger partial charge >= 0.3 is 5.97 Å². The molecule has 0 aliphatic heterocycles. The number of rotatable bonds is 9. The fourth-order valence-corrected chi connectivity index (χ4v) is 5.15. The van der Waals surface area contributed by atoms with Gasteiger partial charge in [-0.25, -0.2) is 4.79 Å². The number of ketones is 1. The van der Waals surface area contributed by atoms with Gasteiger partial charge in [-0.2, -0.15) is 0 Å². The monoisotopic (exact) mass is 529 g/mol. The average Bonchev–Trinajstić information content (AvgIpc) is 3.24. The molecule has 1 atom stereocenters. The van der Waals surface area contributed by atoms with E-state index in [4.69, 9.17) is 16.3 Å². The van der Waals surface area contributed by atoms with Gasteiger partial charge in [0.05, 0.1) is 18.4 Å². The van der Waals surface area contributed by atoms with Gasteiger partial charge in [-0.15, -0.1) is 0 Å². The predicted octanol–water partition coefficient (Wildman–Crippen LogP) is 8.27. The SMILES string of the molecule is CCCC(Cc1ccc(C(=O)OC)cc1)C(=O)c1cc2cc(Cl)ccc2n1Cc1ccc(C(C)(C)C)cc1. The van der Waals surface area contributed by atoms with Crippen molar-refractivity contribution in [3.05, 3.63) is 106 Å². The molecule has 5 heteroatoms. The van der Waals surface area contributed by atoms with Crippen LogP contribution in [0.25, 0.3) is 10.9 Å². The van der Waals surface area contributed by atoms with Crippen LogP contribution in [0.4, 0.5) is 0 Å². The minimum absolute atomic E-state index is 0.0823. The van der Waals surface area contributed by atoms with Crippen LogP contribution in [0.1, 0.15) is 78.1 Å². The summed E-state index contributed by atoms with van der Waals surface area (Å²) in [6.07, 6.45) is 2.29. The molecule has 0 aliphatic rings. The number of carbonyl (C=O) groups is 2. The third kappa shape index (κ3) is 6.19. The molecule has 198 valence electrons. The molecule has 0 aliphatic carbocycles. The molecule has 0 saturated carbocycles. The molecule has 0 fully saturated rings. The van der Waals surface area contributed by atoms with Crippen LogP contribution >= 0.6 is 11.6 Å². The lowest BCUT2D eigenvalue weighted by molar-refractivity contribution is 0.0600. The first-order chi connectivity index (χ1) is 18.1. The molecule has 1 unspecified atom stereocenters. The molecule has 4 nitrogen and oxygen atoms in total. The first kappa shape index (κ1) is 27.7. The molecule has 0 saturated heterocycles. The third-order valence-corrected chi connectivity index (χ3v) is 7.38. The van der Waals surface area contributed by atoms with E-state index < -0.39 is 0 Å². The van der Waals surface area contributed by atoms with E-state index in [2.05, 4.69) is 56.5 Å². The number of hydrogen-bond donors (Lipinski definition) is 0. The summed E-state index contributed by atoms with van der Waals surface area (Å²) in [5.74, 6) is -0.412. The van der Waals surface area contributed by atoms with Crippen molar-refractivity contribution in [2.24, 2.45) is 5.92 Å². The summed E-state index contributed by atoms with van der Waals surface area (Å²) < 4.78 is 6.94. The number of hydrogen-bond acceptors (Lipinski definition) is 3. The maximum absolute atomic E-state index is 14.1. The molecule has 0 amide bonds. The smallest absolute Gasteiger partial charge is 0.337 e. The number of ether oxygens (including phenoxy) is 1. The van der Waals surface area contributed by atoms with E-state index in [9.17, 15) is 9.59 Å². The van der Waals surface area contributed by atoms with Crippen LogP contribution in [0.15, 0.2) is 72.8 Å². The minimum Gasteiger partial charge on any atom is -0.465 e. The third-order valence-electron chi connectivity index (χ3n) is 7.14. The van der Waals surface area contributed by atoms with Crippen LogP contribution in [0, 0.1) is 5.92 Å². The van der Waals surface area contributed by atoms with Gasteiger partial charge in [0, 0.05) is 28.4 Å². The predicted molar refractivity (Wildman–Crippen MR) is 155 cm³/mol. The Hall–Kier alpha value is -3.37. The standard InChI is InChI=1S/C33H36ClNO3/c1-6-7-25(18-22-8-12-24(13-9-22)32(37)38-5)31(36)30-20-26-19-28(34)16-17-29(26)35(30)21-23-10-14-27(15-11-23)33(2,3)4/h8-17,19-20,25H,6-7,18,21H2,1-5H3. The number of esters is 1. The first-order valence-corrected chi connectivity index (χ1v) is 13.6. The highest BCUT2D eigenvalue weighted by Crippen LogP contribution is 2.29. The van der Waals surface area contributed by atoms with E-state index in [0.29, 0.717) is 29.2 Å². The van der Waals surface area contributed by atoms with Crippen molar-refractivity contribution in [1.82, 2.24) is 4.57 Å². The van der Waals surface area contributed by atoms with Crippen LogP contribution in [-0.2, 0) is 23.1 Å². The second-order valence-electron chi connectivity index (χ2n) is 11.0. The van der Waals surface area contributed by atoms with Crippen LogP contribution in [0.2, 0.25) is 5.02 Å². The van der Waals surface area contributed by atoms with E-state index in [0.717, 1.165) is 34.9 Å². The molecule has 38 heavy (non-hydrogen) atoms. The minimum atomic E-state index is -0.364. The zero-order valence-corrected chi connectivity index (χ0v) is 23.6. The molecular formula is C33H36ClNO3. The number of aromatic nitrogens is 1. The second-order valence-corrected chi connectivity index (χ2v) is 11.4. The lowest BCUT2D eigenvalue weighted by atomic mass is 9.87. The van der Waals surface area contributed by atoms with Gasteiger partial charge in [0.2, 0.25) is 0 Å². The number of benzene rings is 3. The molecule has 3 aromatic carbocycles. The normalized spacial score (nSPS) is 12.5. The van der Waals surface area contributed by atoms with Crippen LogP contribution < -0.4 is 0 Å². The Labute approximate surface area is 230 Å². The van der Waals surface area contributed by atoms with Crippen LogP contribution in [0.3, 0.4) is 0 Å². The Morgan fingerprint density at radius 3 is 2.18 bits per heavy atom. The molecule has 4 rings (SSSR count). The summed E-state index contributed by atoms with van der Waals surface area (Å²) in [6.45, 7) is 9.33. The lowest BCUT2D eigenvalue weighted by Crippen LogP contribution is -2.21. The van der Waals surface area contributed by atoms with E-state index >= 15 is 0 Å². The van der Waals surface area contributed by atoms with Gasteiger partial charge in [0.1, 0.15) is 0 Å². The zero-order chi connectivity index (χ0) is 27.4. The summed E-state index contributed by atoms with van der Waals surface area (Å²) in [5.41, 5.74) is 5.73. The Kier molecular flexibility index (Phi) is 8.42. The first-order valence-electron chi connectivity index (χ1n) is 13.2. The van der Waals surface area contributed by atoms with Crippen LogP contribution in [0.5, 0.6) is 0 Å². The van der Waals surface area contributed by atoms with Crippen molar-refractivity contribution in [2.75, 3.05) is 7.11 Å². The zero-order valence-electron chi connectivity index (χ0n) is 22.9. The van der Waals surface area contributed by atoms with Crippen molar-refractivity contribution in [2.45, 2.75) is 58.9 Å². The maximum atomic E-state index is 14.1. The number of fused-ring (bicyclic) bond motifs is 1. The number of methoxy groups -OCH3 is 1. The summed E-state index contributed by atoms with van der Waals surface area (Å²) in [4.78, 5) is 25.9. The van der Waals surface area contributed by atoms with Gasteiger partial charge in [-0.05, 0) is 71.3 Å². The van der Waals surface area contributed by atoms with Gasteiger partial charge in [0.25, 0.3) is 0 Å². The molecule has 1 heterocycles. The summed E-state index contributed by atoms with van der Waals surface area (Å²) in [6, 6.07) is 23.8. The van der Waals surface area contributed by atoms with Gasteiger partial charge in [0.15, 0.2) is 5.78 Å². The average molecular weight is 530 g/mol. The highest BCUT2D eigenvalue weighted by molar-refractivity contribution is 6.31. The van der Waals surface area contributed by atoms with E-state index in [1.54, 1.807) is 12.1 Å². The van der Waals surface area contributed by atoms with Gasteiger partial charge in [-0.3, -0.25) is 4.79 Å². The Morgan fingerprint density at radius 2 is 1.58 bits per heavy atom. The van der Waals surface area contributed by atoms with Gasteiger partial charge in [-0.1, -0.05) is 82.1 Å².